The van der Waals surface area contributed by atoms with Crippen molar-refractivity contribution in [3.05, 3.63) is 12.7 Å². The SMILES string of the molecule is C=CC(=O)OCCCNC(=O)OC(CCCCCC)CCCCCCCCCCC(=O)OC(CCCCCC)CCCCCCCCCCC(=O)O. The molecule has 9 heteroatoms. The Hall–Kier alpha value is -2.58. The van der Waals surface area contributed by atoms with Crippen molar-refractivity contribution in [2.45, 2.75) is 225 Å². The molecule has 9 nitrogen and oxygen atoms in total. The van der Waals surface area contributed by atoms with E-state index in [-0.39, 0.29) is 31.2 Å². The second-order valence-electron chi connectivity index (χ2n) is 14.6. The molecular weight excluding hydrogens is 658 g/mol. The summed E-state index contributed by atoms with van der Waals surface area (Å²) in [6, 6.07) is 0. The zero-order valence-electron chi connectivity index (χ0n) is 33.6. The third kappa shape index (κ3) is 35.8. The van der Waals surface area contributed by atoms with E-state index < -0.39 is 18.0 Å². The molecule has 0 aliphatic heterocycles. The maximum Gasteiger partial charge on any atom is 0.407 e. The Kier molecular flexibility index (Phi) is 36.3. The first-order valence-corrected chi connectivity index (χ1v) is 21.5. The molecule has 0 aliphatic carbocycles. The van der Waals surface area contributed by atoms with Crippen molar-refractivity contribution in [1.29, 1.82) is 0 Å². The molecule has 0 aromatic heterocycles. The lowest BCUT2D eigenvalue weighted by Gasteiger charge is -2.18. The number of alkyl carbamates (subject to hydrolysis) is 1. The van der Waals surface area contributed by atoms with Gasteiger partial charge in [0.2, 0.25) is 0 Å². The first kappa shape index (κ1) is 49.4. The Labute approximate surface area is 318 Å². The molecule has 0 saturated carbocycles. The van der Waals surface area contributed by atoms with Crippen LogP contribution in [-0.4, -0.2) is 54.5 Å². The fraction of sp³-hybridized carbons (Fsp3) is 0.860. The van der Waals surface area contributed by atoms with E-state index in [9.17, 15) is 19.2 Å². The van der Waals surface area contributed by atoms with Gasteiger partial charge in [0.15, 0.2) is 0 Å². The van der Waals surface area contributed by atoms with Gasteiger partial charge in [0.25, 0.3) is 0 Å². The Balaban J connectivity index is 4.14. The second kappa shape index (κ2) is 38.2. The topological polar surface area (TPSA) is 128 Å². The van der Waals surface area contributed by atoms with Crippen LogP contribution in [0, 0.1) is 0 Å². The number of unbranched alkanes of at least 4 members (excludes halogenated alkanes) is 20. The number of carboxylic acids is 1. The number of ether oxygens (including phenoxy) is 3. The van der Waals surface area contributed by atoms with Gasteiger partial charge in [-0.15, -0.1) is 0 Å². The molecule has 0 fully saturated rings. The molecule has 0 aromatic rings. The predicted octanol–water partition coefficient (Wildman–Crippen LogP) is 11.9. The van der Waals surface area contributed by atoms with Crippen LogP contribution in [0.3, 0.4) is 0 Å². The number of hydrogen-bond donors (Lipinski definition) is 2. The highest BCUT2D eigenvalue weighted by molar-refractivity contribution is 5.81. The fourth-order valence-corrected chi connectivity index (χ4v) is 6.47. The molecule has 0 aromatic carbocycles. The van der Waals surface area contributed by atoms with Crippen LogP contribution in [0.2, 0.25) is 0 Å². The molecule has 0 bridgehead atoms. The van der Waals surface area contributed by atoms with Crippen molar-refractivity contribution in [2.24, 2.45) is 0 Å². The van der Waals surface area contributed by atoms with Crippen LogP contribution in [0.1, 0.15) is 213 Å². The van der Waals surface area contributed by atoms with Crippen molar-refractivity contribution in [3.63, 3.8) is 0 Å². The van der Waals surface area contributed by atoms with Crippen molar-refractivity contribution in [3.8, 4) is 0 Å². The van der Waals surface area contributed by atoms with E-state index in [1.165, 1.54) is 77.0 Å². The lowest BCUT2D eigenvalue weighted by molar-refractivity contribution is -0.150. The number of hydrogen-bond acceptors (Lipinski definition) is 7. The van der Waals surface area contributed by atoms with Crippen LogP contribution in [0.5, 0.6) is 0 Å². The summed E-state index contributed by atoms with van der Waals surface area (Å²) in [6.45, 7) is 8.42. The maximum atomic E-state index is 12.7. The lowest BCUT2D eigenvalue weighted by Crippen LogP contribution is -2.30. The van der Waals surface area contributed by atoms with Crippen LogP contribution in [-0.2, 0) is 28.6 Å². The number of amides is 1. The van der Waals surface area contributed by atoms with E-state index >= 15 is 0 Å². The highest BCUT2D eigenvalue weighted by Gasteiger charge is 2.15. The summed E-state index contributed by atoms with van der Waals surface area (Å²) in [7, 11) is 0. The van der Waals surface area contributed by atoms with Gasteiger partial charge >= 0.3 is 24.0 Å². The zero-order chi connectivity index (χ0) is 38.3. The molecule has 0 rings (SSSR count). The van der Waals surface area contributed by atoms with Gasteiger partial charge in [-0.3, -0.25) is 9.59 Å². The smallest absolute Gasteiger partial charge is 0.407 e. The second-order valence-corrected chi connectivity index (χ2v) is 14.6. The molecule has 0 aliphatic rings. The maximum absolute atomic E-state index is 12.7. The average molecular weight is 738 g/mol. The van der Waals surface area contributed by atoms with Gasteiger partial charge in [-0.1, -0.05) is 136 Å². The summed E-state index contributed by atoms with van der Waals surface area (Å²) >= 11 is 0. The van der Waals surface area contributed by atoms with E-state index in [0.29, 0.717) is 19.4 Å². The summed E-state index contributed by atoms with van der Waals surface area (Å²) in [4.78, 5) is 46.7. The van der Waals surface area contributed by atoms with Gasteiger partial charge in [-0.2, -0.15) is 0 Å². The standard InChI is InChI=1S/C43H79NO8/c1-4-7-9-23-30-38(31-25-19-15-11-13-17-21-27-34-40(45)46)51-42(48)35-28-22-18-14-12-16-20-26-33-39(32-24-10-8-5-2)52-43(49)44-36-29-37-50-41(47)6-3/h6,38-39H,3-5,7-37H2,1-2H3,(H,44,49)(H,45,46). The minimum absolute atomic E-state index is 0.0315. The van der Waals surface area contributed by atoms with Gasteiger partial charge in [0, 0.05) is 25.5 Å². The van der Waals surface area contributed by atoms with Crippen molar-refractivity contribution in [1.82, 2.24) is 5.32 Å². The van der Waals surface area contributed by atoms with Crippen molar-refractivity contribution >= 4 is 24.0 Å². The molecule has 0 heterocycles. The zero-order valence-corrected chi connectivity index (χ0v) is 33.6. The summed E-state index contributed by atoms with van der Waals surface area (Å²) in [5, 5.41) is 11.5. The number of carbonyl (C=O) groups is 4. The van der Waals surface area contributed by atoms with E-state index in [1.807, 2.05) is 0 Å². The Morgan fingerprint density at radius 3 is 1.40 bits per heavy atom. The van der Waals surface area contributed by atoms with Crippen LogP contribution < -0.4 is 5.32 Å². The number of aliphatic carboxylic acids is 1. The van der Waals surface area contributed by atoms with Crippen molar-refractivity contribution < 1.29 is 38.5 Å². The molecule has 2 N–H and O–H groups in total. The van der Waals surface area contributed by atoms with E-state index in [2.05, 4.69) is 25.7 Å². The fourth-order valence-electron chi connectivity index (χ4n) is 6.47. The quantitative estimate of drug-likeness (QED) is 0.0276. The Morgan fingerprint density at radius 1 is 0.558 bits per heavy atom. The minimum atomic E-state index is -0.698. The van der Waals surface area contributed by atoms with Crippen LogP contribution in [0.25, 0.3) is 0 Å². The molecule has 0 radical (unpaired) electrons. The number of nitrogens with one attached hydrogen (secondary N) is 1. The van der Waals surface area contributed by atoms with Crippen LogP contribution in [0.15, 0.2) is 12.7 Å². The summed E-state index contributed by atoms with van der Waals surface area (Å²) in [6.07, 6.45) is 32.7. The van der Waals surface area contributed by atoms with Gasteiger partial charge < -0.3 is 24.6 Å². The van der Waals surface area contributed by atoms with Crippen molar-refractivity contribution in [2.75, 3.05) is 13.2 Å². The molecule has 1 amide bonds. The lowest BCUT2D eigenvalue weighted by atomic mass is 10.0. The van der Waals surface area contributed by atoms with Crippen LogP contribution >= 0.6 is 0 Å². The third-order valence-corrected chi connectivity index (χ3v) is 9.66. The normalized spacial score (nSPS) is 12.2. The third-order valence-electron chi connectivity index (χ3n) is 9.66. The molecule has 304 valence electrons. The minimum Gasteiger partial charge on any atom is -0.481 e. The van der Waals surface area contributed by atoms with Gasteiger partial charge in [-0.25, -0.2) is 9.59 Å². The Bertz CT molecular complexity index is 879. The van der Waals surface area contributed by atoms with E-state index in [4.69, 9.17) is 19.3 Å². The highest BCUT2D eigenvalue weighted by atomic mass is 16.6. The number of carbonyl (C=O) groups excluding carboxylic acids is 3. The first-order chi connectivity index (χ1) is 25.3. The summed E-state index contributed by atoms with van der Waals surface area (Å²) in [5.41, 5.74) is 0. The predicted molar refractivity (Wildman–Crippen MR) is 211 cm³/mol. The number of rotatable bonds is 39. The monoisotopic (exact) mass is 738 g/mol. The number of carboxylic acid groups (broad SMARTS) is 1. The Morgan fingerprint density at radius 2 is 0.962 bits per heavy atom. The van der Waals surface area contributed by atoms with E-state index in [0.717, 1.165) is 109 Å². The van der Waals surface area contributed by atoms with Gasteiger partial charge in [0.1, 0.15) is 12.2 Å². The molecule has 0 spiro atoms. The molecule has 0 saturated heterocycles. The molecular formula is C43H79NO8. The highest BCUT2D eigenvalue weighted by Crippen LogP contribution is 2.19. The van der Waals surface area contributed by atoms with Crippen LogP contribution in [0.4, 0.5) is 4.79 Å². The average Bonchev–Trinajstić information content (AvgIpc) is 3.12. The largest absolute Gasteiger partial charge is 0.481 e. The molecule has 2 atom stereocenters. The van der Waals surface area contributed by atoms with E-state index in [1.54, 1.807) is 0 Å². The summed E-state index contributed by atoms with van der Waals surface area (Å²) in [5.74, 6) is -1.19. The summed E-state index contributed by atoms with van der Waals surface area (Å²) < 4.78 is 16.7. The number of esters is 2. The van der Waals surface area contributed by atoms with Gasteiger partial charge in [0.05, 0.1) is 6.61 Å². The molecule has 52 heavy (non-hydrogen) atoms. The molecule has 2 unspecified atom stereocenters. The van der Waals surface area contributed by atoms with Gasteiger partial charge in [-0.05, 0) is 70.6 Å². The first-order valence-electron chi connectivity index (χ1n) is 21.5.